The fourth-order valence-electron chi connectivity index (χ4n) is 2.56. The highest BCUT2D eigenvalue weighted by atomic mass is 32.2. The van der Waals surface area contributed by atoms with Gasteiger partial charge in [0, 0.05) is 12.0 Å². The van der Waals surface area contributed by atoms with Gasteiger partial charge >= 0.3 is 0 Å². The number of allylic oxidation sites excluding steroid dienone is 2. The van der Waals surface area contributed by atoms with E-state index >= 15 is 0 Å². The van der Waals surface area contributed by atoms with Crippen LogP contribution in [0.5, 0.6) is 5.75 Å². The van der Waals surface area contributed by atoms with E-state index in [-0.39, 0.29) is 26.0 Å². The number of aliphatic imine (C=N–C) groups is 1. The second kappa shape index (κ2) is 16.5. The van der Waals surface area contributed by atoms with Crippen molar-refractivity contribution in [3.05, 3.63) is 64.5 Å². The molecule has 0 spiro atoms. The highest BCUT2D eigenvalue weighted by Crippen LogP contribution is 2.37. The van der Waals surface area contributed by atoms with Gasteiger partial charge in [-0.2, -0.15) is 0 Å². The van der Waals surface area contributed by atoms with Crippen molar-refractivity contribution in [2.75, 3.05) is 19.9 Å². The number of benzene rings is 1. The summed E-state index contributed by atoms with van der Waals surface area (Å²) in [5.74, 6) is 4.06. The van der Waals surface area contributed by atoms with Gasteiger partial charge in [0.15, 0.2) is 0 Å². The Balaban J connectivity index is 0. The third kappa shape index (κ3) is 9.23. The van der Waals surface area contributed by atoms with Crippen molar-refractivity contribution in [2.24, 2.45) is 4.99 Å². The second-order valence-corrected chi connectivity index (χ2v) is 8.25. The molecule has 0 aliphatic carbocycles. The average Bonchev–Trinajstić information content (AvgIpc) is 3.30. The first-order valence-electron chi connectivity index (χ1n) is 10.7. The van der Waals surface area contributed by atoms with Crippen LogP contribution in [0.3, 0.4) is 0 Å². The van der Waals surface area contributed by atoms with Crippen LogP contribution in [-0.4, -0.2) is 41.7 Å². The van der Waals surface area contributed by atoms with Crippen LogP contribution in [0.2, 0.25) is 0 Å². The lowest BCUT2D eigenvalue weighted by Gasteiger charge is -2.14. The van der Waals surface area contributed by atoms with Gasteiger partial charge in [0.2, 0.25) is 0 Å². The summed E-state index contributed by atoms with van der Waals surface area (Å²) in [7, 11) is 3.46. The minimum Gasteiger partial charge on any atom is -0.497 e. The van der Waals surface area contributed by atoms with Gasteiger partial charge in [-0.3, -0.25) is 14.4 Å². The molecule has 0 amide bonds. The highest BCUT2D eigenvalue weighted by Gasteiger charge is 2.24. The van der Waals surface area contributed by atoms with E-state index < -0.39 is 0 Å². The van der Waals surface area contributed by atoms with E-state index in [1.165, 1.54) is 11.8 Å². The zero-order valence-corrected chi connectivity index (χ0v) is 21.4. The SMILES string of the molecule is C.C.C#CC(C)(C)NC.C=N/C=C\C(C)=C1/CSc2c1ncn(-c1ccc(OC)cc1)c2=O.CC. The molecule has 0 atom stereocenters. The zero-order valence-electron chi connectivity index (χ0n) is 20.6. The Kier molecular flexibility index (Phi) is 16.1. The van der Waals surface area contributed by atoms with Gasteiger partial charge in [-0.1, -0.05) is 34.6 Å². The molecule has 6 nitrogen and oxygen atoms in total. The molecule has 0 saturated carbocycles. The first-order chi connectivity index (χ1) is 15.8. The van der Waals surface area contributed by atoms with Crippen LogP contribution in [-0.2, 0) is 0 Å². The molecule has 7 heteroatoms. The van der Waals surface area contributed by atoms with Crippen LogP contribution in [0.4, 0.5) is 0 Å². The molecule has 1 aromatic carbocycles. The Labute approximate surface area is 216 Å². The number of ether oxygens (including phenoxy) is 1. The summed E-state index contributed by atoms with van der Waals surface area (Å²) < 4.78 is 6.71. The summed E-state index contributed by atoms with van der Waals surface area (Å²) in [4.78, 5) is 21.7. The maximum absolute atomic E-state index is 12.8. The van der Waals surface area contributed by atoms with E-state index in [2.05, 4.69) is 27.9 Å². The summed E-state index contributed by atoms with van der Waals surface area (Å²) in [6.07, 6.45) is 10.2. The first kappa shape index (κ1) is 34.1. The van der Waals surface area contributed by atoms with Gasteiger partial charge in [0.05, 0.1) is 28.9 Å². The van der Waals surface area contributed by atoms with E-state index in [9.17, 15) is 4.79 Å². The molecule has 0 radical (unpaired) electrons. The molecule has 1 N–H and O–H groups in total. The van der Waals surface area contributed by atoms with E-state index in [1.807, 2.05) is 72.0 Å². The number of aromatic nitrogens is 2. The topological polar surface area (TPSA) is 68.5 Å². The number of fused-ring (bicyclic) bond motifs is 1. The standard InChI is InChI=1S/C18H17N3O2S.C6H11N.C2H6.2CH4/c1-12(8-9-19-2)15-10-24-17-16(15)20-11-21(18(17)22)13-4-6-14(23-3)7-5-13;1-5-6(2,3)7-4;1-2;;/h4-9,11H,2,10H2,1,3H3;1,7H,2-4H3;1-2H3;2*1H4/b9-8-,15-12+;;;;. The first-order valence-corrected chi connectivity index (χ1v) is 11.6. The molecule has 1 aliphatic rings. The number of terminal acetylenes is 1. The smallest absolute Gasteiger partial charge is 0.272 e. The lowest BCUT2D eigenvalue weighted by molar-refractivity contribution is 0.414. The van der Waals surface area contributed by atoms with Gasteiger partial charge in [0.1, 0.15) is 12.1 Å². The Morgan fingerprint density at radius 3 is 2.37 bits per heavy atom. The van der Waals surface area contributed by atoms with Crippen LogP contribution >= 0.6 is 11.8 Å². The molecule has 0 fully saturated rings. The molecule has 35 heavy (non-hydrogen) atoms. The van der Waals surface area contributed by atoms with Gasteiger partial charge in [-0.05, 0) is 76.0 Å². The van der Waals surface area contributed by atoms with E-state index in [0.717, 1.165) is 34.0 Å². The van der Waals surface area contributed by atoms with E-state index in [0.29, 0.717) is 4.90 Å². The zero-order chi connectivity index (χ0) is 25.0. The molecule has 2 heterocycles. The molecule has 1 aromatic heterocycles. The maximum Gasteiger partial charge on any atom is 0.272 e. The Bertz CT molecular complexity index is 1090. The van der Waals surface area contributed by atoms with Crippen molar-refractivity contribution in [3.8, 4) is 23.8 Å². The second-order valence-electron chi connectivity index (χ2n) is 7.26. The van der Waals surface area contributed by atoms with Gasteiger partial charge < -0.3 is 10.1 Å². The fourth-order valence-corrected chi connectivity index (χ4v) is 3.75. The fraction of sp³-hybridized carbons (Fsp3) is 0.393. The largest absolute Gasteiger partial charge is 0.497 e. The molecular formula is C28H42N4O2S. The van der Waals surface area contributed by atoms with Crippen LogP contribution in [0.25, 0.3) is 11.3 Å². The number of hydrogen-bond donors (Lipinski definition) is 1. The minimum atomic E-state index is -0.139. The van der Waals surface area contributed by atoms with Crippen LogP contribution in [0, 0.1) is 12.3 Å². The van der Waals surface area contributed by atoms with Gasteiger partial charge in [0.25, 0.3) is 5.56 Å². The Hall–Kier alpha value is -3.08. The number of nitrogens with one attached hydrogen (secondary N) is 1. The van der Waals surface area contributed by atoms with Crippen molar-refractivity contribution >= 4 is 24.1 Å². The van der Waals surface area contributed by atoms with Crippen LogP contribution < -0.4 is 15.6 Å². The van der Waals surface area contributed by atoms with Gasteiger partial charge in [-0.15, -0.1) is 18.2 Å². The molecule has 2 aromatic rings. The van der Waals surface area contributed by atoms with Crippen molar-refractivity contribution in [1.82, 2.24) is 14.9 Å². The number of thioether (sulfide) groups is 1. The Morgan fingerprint density at radius 1 is 1.31 bits per heavy atom. The molecule has 0 saturated heterocycles. The molecule has 0 bridgehead atoms. The minimum absolute atomic E-state index is 0. The molecule has 192 valence electrons. The summed E-state index contributed by atoms with van der Waals surface area (Å²) >= 11 is 1.52. The number of methoxy groups -OCH3 is 1. The molecule has 1 aliphatic heterocycles. The molecule has 3 rings (SSSR count). The number of hydrogen-bond acceptors (Lipinski definition) is 6. The van der Waals surface area contributed by atoms with E-state index in [4.69, 9.17) is 11.2 Å². The van der Waals surface area contributed by atoms with Crippen molar-refractivity contribution in [3.63, 3.8) is 0 Å². The predicted molar refractivity (Wildman–Crippen MR) is 155 cm³/mol. The monoisotopic (exact) mass is 498 g/mol. The third-order valence-electron chi connectivity index (χ3n) is 4.82. The summed E-state index contributed by atoms with van der Waals surface area (Å²) in [6, 6.07) is 7.33. The summed E-state index contributed by atoms with van der Waals surface area (Å²) in [5.41, 5.74) is 3.45. The summed E-state index contributed by atoms with van der Waals surface area (Å²) in [5, 5.41) is 2.95. The number of rotatable bonds is 5. The lowest BCUT2D eigenvalue weighted by atomic mass is 10.1. The number of nitrogens with zero attached hydrogens (tertiary/aromatic N) is 3. The van der Waals surface area contributed by atoms with E-state index in [1.54, 1.807) is 24.2 Å². The Morgan fingerprint density at radius 2 is 1.91 bits per heavy atom. The average molecular weight is 499 g/mol. The summed E-state index contributed by atoms with van der Waals surface area (Å²) in [6.45, 7) is 13.3. The molecule has 0 unspecified atom stereocenters. The normalized spacial score (nSPS) is 12.9. The predicted octanol–water partition coefficient (Wildman–Crippen LogP) is 6.25. The third-order valence-corrected chi connectivity index (χ3v) is 5.91. The van der Waals surface area contributed by atoms with Crippen molar-refractivity contribution < 1.29 is 4.74 Å². The van der Waals surface area contributed by atoms with Crippen LogP contribution in [0.15, 0.2) is 63.1 Å². The molecular weight excluding hydrogens is 456 g/mol. The van der Waals surface area contributed by atoms with Gasteiger partial charge in [-0.25, -0.2) is 4.98 Å². The lowest BCUT2D eigenvalue weighted by Crippen LogP contribution is -2.33. The van der Waals surface area contributed by atoms with Crippen LogP contribution in [0.1, 0.15) is 55.2 Å². The highest BCUT2D eigenvalue weighted by molar-refractivity contribution is 8.00. The van der Waals surface area contributed by atoms with Crippen molar-refractivity contribution in [1.29, 1.82) is 0 Å². The van der Waals surface area contributed by atoms with Crippen molar-refractivity contribution in [2.45, 2.75) is 59.9 Å². The quantitative estimate of drug-likeness (QED) is 0.390. The maximum atomic E-state index is 12.8.